The molecule has 0 fully saturated rings. The molecule has 0 aliphatic carbocycles. The first-order valence-electron chi connectivity index (χ1n) is 6.72. The number of carboxylic acid groups (broad SMARTS) is 1. The van der Waals surface area contributed by atoms with Gasteiger partial charge in [0, 0.05) is 12.7 Å². The lowest BCUT2D eigenvalue weighted by molar-refractivity contribution is -0.136. The van der Waals surface area contributed by atoms with E-state index in [1.807, 2.05) is 25.1 Å². The average Bonchev–Trinajstić information content (AvgIpc) is 2.96. The van der Waals surface area contributed by atoms with Gasteiger partial charge in [0.15, 0.2) is 5.69 Å². The van der Waals surface area contributed by atoms with Crippen molar-refractivity contribution in [2.24, 2.45) is 0 Å². The molecule has 0 bridgehead atoms. The highest BCUT2D eigenvalue weighted by Gasteiger charge is 2.12. The van der Waals surface area contributed by atoms with Gasteiger partial charge in [-0.3, -0.25) is 9.59 Å². The van der Waals surface area contributed by atoms with Crippen LogP contribution in [0.5, 0.6) is 5.75 Å². The topological polar surface area (TPSA) is 93.5 Å². The van der Waals surface area contributed by atoms with Crippen molar-refractivity contribution in [1.29, 1.82) is 0 Å². The number of hydrogen-bond acceptors (Lipinski definition) is 4. The van der Waals surface area contributed by atoms with Crippen LogP contribution in [-0.4, -0.2) is 40.4 Å². The maximum absolute atomic E-state index is 11.9. The molecule has 0 saturated heterocycles. The Morgan fingerprint density at radius 1 is 1.36 bits per heavy atom. The highest BCUT2D eigenvalue weighted by Crippen LogP contribution is 2.23. The molecule has 2 rings (SSSR count). The van der Waals surface area contributed by atoms with E-state index in [4.69, 9.17) is 9.84 Å². The maximum atomic E-state index is 11.9. The number of nitrogens with one attached hydrogen (secondary N) is 1. The number of aryl methyl sites for hydroxylation is 1. The van der Waals surface area contributed by atoms with Crippen LogP contribution < -0.4 is 10.1 Å². The van der Waals surface area contributed by atoms with Crippen LogP contribution in [0.4, 0.5) is 0 Å². The van der Waals surface area contributed by atoms with Crippen LogP contribution >= 0.6 is 0 Å². The minimum atomic E-state index is -0.963. The summed E-state index contributed by atoms with van der Waals surface area (Å²) in [4.78, 5) is 22.3. The predicted molar refractivity (Wildman–Crippen MR) is 79.4 cm³/mol. The van der Waals surface area contributed by atoms with Gasteiger partial charge in [0.1, 0.15) is 11.4 Å². The summed E-state index contributed by atoms with van der Waals surface area (Å²) in [6.07, 6.45) is 1.53. The van der Waals surface area contributed by atoms with Gasteiger partial charge in [-0.2, -0.15) is 5.10 Å². The largest absolute Gasteiger partial charge is 0.494 e. The van der Waals surface area contributed by atoms with Crippen LogP contribution in [0.15, 0.2) is 30.5 Å². The first-order valence-corrected chi connectivity index (χ1v) is 6.72. The lowest BCUT2D eigenvalue weighted by atomic mass is 10.2. The Balaban J connectivity index is 2.16. The van der Waals surface area contributed by atoms with Crippen LogP contribution in [0, 0.1) is 6.92 Å². The molecule has 0 atom stereocenters. The Morgan fingerprint density at radius 3 is 2.82 bits per heavy atom. The Hall–Kier alpha value is -2.83. The summed E-state index contributed by atoms with van der Waals surface area (Å²) in [6, 6.07) is 7.22. The number of methoxy groups -OCH3 is 1. The van der Waals surface area contributed by atoms with E-state index in [0.29, 0.717) is 5.75 Å². The van der Waals surface area contributed by atoms with E-state index < -0.39 is 11.9 Å². The highest BCUT2D eigenvalue weighted by molar-refractivity contribution is 5.92. The number of rotatable bonds is 6. The highest BCUT2D eigenvalue weighted by atomic mass is 16.5. The van der Waals surface area contributed by atoms with Crippen molar-refractivity contribution in [2.45, 2.75) is 13.3 Å². The second-order valence-corrected chi connectivity index (χ2v) is 4.72. The molecule has 7 heteroatoms. The summed E-state index contributed by atoms with van der Waals surface area (Å²) >= 11 is 0. The number of amides is 1. The third-order valence-electron chi connectivity index (χ3n) is 3.03. The van der Waals surface area contributed by atoms with E-state index in [-0.39, 0.29) is 18.7 Å². The summed E-state index contributed by atoms with van der Waals surface area (Å²) in [5, 5.41) is 15.3. The number of benzene rings is 1. The molecule has 2 aromatic rings. The number of carbonyl (C=O) groups is 2. The van der Waals surface area contributed by atoms with Gasteiger partial charge in [-0.1, -0.05) is 6.07 Å². The van der Waals surface area contributed by atoms with Gasteiger partial charge in [-0.25, -0.2) is 4.68 Å². The molecule has 22 heavy (non-hydrogen) atoms. The van der Waals surface area contributed by atoms with Crippen LogP contribution in [0.25, 0.3) is 5.69 Å². The van der Waals surface area contributed by atoms with Crippen LogP contribution in [0.1, 0.15) is 22.5 Å². The van der Waals surface area contributed by atoms with Crippen LogP contribution in [0.2, 0.25) is 0 Å². The van der Waals surface area contributed by atoms with E-state index in [1.54, 1.807) is 24.1 Å². The number of carboxylic acids is 1. The molecule has 0 saturated carbocycles. The molecule has 7 nitrogen and oxygen atoms in total. The zero-order valence-electron chi connectivity index (χ0n) is 12.4. The van der Waals surface area contributed by atoms with Crippen molar-refractivity contribution in [1.82, 2.24) is 15.1 Å². The van der Waals surface area contributed by atoms with Crippen LogP contribution in [0.3, 0.4) is 0 Å². The summed E-state index contributed by atoms with van der Waals surface area (Å²) in [6.45, 7) is 2.01. The summed E-state index contributed by atoms with van der Waals surface area (Å²) < 4.78 is 6.84. The first-order chi connectivity index (χ1) is 10.5. The average molecular weight is 303 g/mol. The zero-order chi connectivity index (χ0) is 16.1. The minimum absolute atomic E-state index is 0.0643. The standard InChI is InChI=1S/C15H17N3O4/c1-10-3-4-13(22-2)12(9-10)18-8-6-11(17-18)15(21)16-7-5-14(19)20/h3-4,6,8-9H,5,7H2,1-2H3,(H,16,21)(H,19,20). The normalized spacial score (nSPS) is 10.3. The van der Waals surface area contributed by atoms with E-state index in [2.05, 4.69) is 10.4 Å². The smallest absolute Gasteiger partial charge is 0.305 e. The molecule has 1 heterocycles. The second kappa shape index (κ2) is 6.75. The monoisotopic (exact) mass is 303 g/mol. The van der Waals surface area contributed by atoms with Gasteiger partial charge in [0.2, 0.25) is 0 Å². The van der Waals surface area contributed by atoms with Crippen LogP contribution in [-0.2, 0) is 4.79 Å². The summed E-state index contributed by atoms with van der Waals surface area (Å²) in [5.74, 6) is -0.728. The number of nitrogens with zero attached hydrogens (tertiary/aromatic N) is 2. The lowest BCUT2D eigenvalue weighted by Gasteiger charge is -2.09. The van der Waals surface area contributed by atoms with Crippen molar-refractivity contribution in [3.63, 3.8) is 0 Å². The Kier molecular flexibility index (Phi) is 4.77. The van der Waals surface area contributed by atoms with Gasteiger partial charge >= 0.3 is 5.97 Å². The van der Waals surface area contributed by atoms with Gasteiger partial charge in [0.25, 0.3) is 5.91 Å². The van der Waals surface area contributed by atoms with E-state index >= 15 is 0 Å². The molecule has 116 valence electrons. The maximum Gasteiger partial charge on any atom is 0.305 e. The molecule has 1 aromatic heterocycles. The molecule has 0 unspecified atom stereocenters. The van der Waals surface area contributed by atoms with Crippen molar-refractivity contribution >= 4 is 11.9 Å². The molecule has 0 aliphatic rings. The van der Waals surface area contributed by atoms with Crippen molar-refractivity contribution in [3.05, 3.63) is 41.7 Å². The SMILES string of the molecule is COc1ccc(C)cc1-n1ccc(C(=O)NCCC(=O)O)n1. The van der Waals surface area contributed by atoms with E-state index in [9.17, 15) is 9.59 Å². The van der Waals surface area contributed by atoms with Gasteiger partial charge in [0.05, 0.1) is 13.5 Å². The number of aromatic nitrogens is 2. The minimum Gasteiger partial charge on any atom is -0.494 e. The zero-order valence-corrected chi connectivity index (χ0v) is 12.4. The Morgan fingerprint density at radius 2 is 2.14 bits per heavy atom. The number of carbonyl (C=O) groups excluding carboxylic acids is 1. The fourth-order valence-corrected chi connectivity index (χ4v) is 1.93. The quantitative estimate of drug-likeness (QED) is 0.841. The fourth-order valence-electron chi connectivity index (χ4n) is 1.93. The molecule has 0 aliphatic heterocycles. The Labute approximate surface area is 127 Å². The van der Waals surface area contributed by atoms with Crippen molar-refractivity contribution < 1.29 is 19.4 Å². The second-order valence-electron chi connectivity index (χ2n) is 4.72. The fraction of sp³-hybridized carbons (Fsp3) is 0.267. The third kappa shape index (κ3) is 3.63. The van der Waals surface area contributed by atoms with Gasteiger partial charge in [-0.05, 0) is 30.7 Å². The van der Waals surface area contributed by atoms with Gasteiger partial charge in [-0.15, -0.1) is 0 Å². The number of hydrogen-bond donors (Lipinski definition) is 2. The van der Waals surface area contributed by atoms with Gasteiger partial charge < -0.3 is 15.2 Å². The predicted octanol–water partition coefficient (Wildman–Crippen LogP) is 1.39. The molecular weight excluding hydrogens is 286 g/mol. The summed E-state index contributed by atoms with van der Waals surface area (Å²) in [7, 11) is 1.57. The first kappa shape index (κ1) is 15.6. The molecule has 1 amide bonds. The molecular formula is C15H17N3O4. The lowest BCUT2D eigenvalue weighted by Crippen LogP contribution is -2.26. The summed E-state index contributed by atoms with van der Waals surface area (Å²) in [5.41, 5.74) is 1.99. The number of ether oxygens (including phenoxy) is 1. The molecule has 0 spiro atoms. The van der Waals surface area contributed by atoms with E-state index in [1.165, 1.54) is 0 Å². The molecule has 2 N–H and O–H groups in total. The molecule has 0 radical (unpaired) electrons. The Bertz CT molecular complexity index is 694. The third-order valence-corrected chi connectivity index (χ3v) is 3.03. The number of aliphatic carboxylic acids is 1. The van der Waals surface area contributed by atoms with Crippen molar-refractivity contribution in [2.75, 3.05) is 13.7 Å². The molecule has 1 aromatic carbocycles. The van der Waals surface area contributed by atoms with E-state index in [0.717, 1.165) is 11.3 Å². The van der Waals surface area contributed by atoms with Crippen molar-refractivity contribution in [3.8, 4) is 11.4 Å².